The van der Waals surface area contributed by atoms with Gasteiger partial charge in [0.1, 0.15) is 17.4 Å². The lowest BCUT2D eigenvalue weighted by Gasteiger charge is -2.18. The summed E-state index contributed by atoms with van der Waals surface area (Å²) in [5.41, 5.74) is 1.59. The summed E-state index contributed by atoms with van der Waals surface area (Å²) < 4.78 is 16.7. The van der Waals surface area contributed by atoms with Gasteiger partial charge in [-0.1, -0.05) is 12.1 Å². The van der Waals surface area contributed by atoms with Crippen molar-refractivity contribution in [2.24, 2.45) is 0 Å². The number of para-hydroxylation sites is 1. The Morgan fingerprint density at radius 3 is 2.97 bits per heavy atom. The summed E-state index contributed by atoms with van der Waals surface area (Å²) in [6.07, 6.45) is 2.44. The maximum Gasteiger partial charge on any atom is 0.344 e. The van der Waals surface area contributed by atoms with Crippen molar-refractivity contribution in [1.29, 1.82) is 0 Å². The van der Waals surface area contributed by atoms with Crippen LogP contribution in [0.15, 0.2) is 30.9 Å². The lowest BCUT2D eigenvalue weighted by molar-refractivity contribution is -0.155. The molecule has 1 atom stereocenters. The summed E-state index contributed by atoms with van der Waals surface area (Å²) in [6.45, 7) is 5.08. The Kier molecular flexibility index (Phi) is 4.98. The number of amides is 1. The van der Waals surface area contributed by atoms with Gasteiger partial charge >= 0.3 is 5.97 Å². The van der Waals surface area contributed by atoms with Crippen molar-refractivity contribution in [2.75, 3.05) is 11.9 Å². The van der Waals surface area contributed by atoms with Crippen LogP contribution < -0.4 is 14.8 Å². The highest BCUT2D eigenvalue weighted by molar-refractivity contribution is 5.99. The van der Waals surface area contributed by atoms with E-state index in [0.717, 1.165) is 12.0 Å². The smallest absolute Gasteiger partial charge is 0.344 e. The Morgan fingerprint density at radius 2 is 2.13 bits per heavy atom. The molecule has 1 aromatic carbocycles. The average Bonchev–Trinajstić information content (AvgIpc) is 3.29. The van der Waals surface area contributed by atoms with E-state index in [1.54, 1.807) is 6.07 Å². The first-order valence-electron chi connectivity index (χ1n) is 9.40. The molecular weight excluding hydrogens is 390 g/mol. The molecule has 10 nitrogen and oxygen atoms in total. The summed E-state index contributed by atoms with van der Waals surface area (Å²) in [7, 11) is 0. The van der Waals surface area contributed by atoms with Crippen LogP contribution in [0.5, 0.6) is 11.5 Å². The highest BCUT2D eigenvalue weighted by Gasteiger charge is 2.32. The summed E-state index contributed by atoms with van der Waals surface area (Å²) in [6, 6.07) is 5.54. The molecule has 0 saturated heterocycles. The van der Waals surface area contributed by atoms with E-state index in [-0.39, 0.29) is 18.0 Å². The highest BCUT2D eigenvalue weighted by Crippen LogP contribution is 2.41. The van der Waals surface area contributed by atoms with Crippen LogP contribution in [0.25, 0.3) is 11.2 Å². The van der Waals surface area contributed by atoms with Gasteiger partial charge in [0.2, 0.25) is 0 Å². The monoisotopic (exact) mass is 411 g/mol. The molecule has 1 unspecified atom stereocenters. The van der Waals surface area contributed by atoms with Gasteiger partial charge in [0.25, 0.3) is 5.91 Å². The molecule has 2 aromatic heterocycles. The molecular formula is C20H21N5O5. The number of carbonyl (C=O) groups excluding carboxylic acids is 2. The Morgan fingerprint density at radius 1 is 1.30 bits per heavy atom. The average molecular weight is 411 g/mol. The minimum absolute atomic E-state index is 0.251. The predicted molar refractivity (Wildman–Crippen MR) is 106 cm³/mol. The number of benzene rings is 1. The molecule has 0 bridgehead atoms. The zero-order chi connectivity index (χ0) is 21.3. The minimum atomic E-state index is -1.05. The number of hydrogen-bond donors (Lipinski definition) is 2. The number of esters is 1. The van der Waals surface area contributed by atoms with E-state index >= 15 is 0 Å². The zero-order valence-electron chi connectivity index (χ0n) is 16.8. The number of carbonyl (C=O) groups is 2. The first-order chi connectivity index (χ1) is 14.3. The molecule has 1 aliphatic rings. The van der Waals surface area contributed by atoms with E-state index in [0.29, 0.717) is 22.7 Å². The Labute approximate surface area is 172 Å². The fraction of sp³-hybridized carbons (Fsp3) is 0.350. The largest absolute Gasteiger partial charge is 0.483 e. The molecule has 2 N–H and O–H groups in total. The summed E-state index contributed by atoms with van der Waals surface area (Å²) >= 11 is 0. The first kappa shape index (κ1) is 19.6. The second-order valence-electron chi connectivity index (χ2n) is 7.52. The van der Waals surface area contributed by atoms with E-state index < -0.39 is 18.0 Å². The molecule has 3 heterocycles. The number of aromatic nitrogens is 4. The van der Waals surface area contributed by atoms with Crippen molar-refractivity contribution in [3.63, 3.8) is 0 Å². The summed E-state index contributed by atoms with van der Waals surface area (Å²) in [4.78, 5) is 39.4. The van der Waals surface area contributed by atoms with Crippen LogP contribution in [-0.4, -0.2) is 50.1 Å². The quantitative estimate of drug-likeness (QED) is 0.590. The second-order valence-corrected chi connectivity index (χ2v) is 7.52. The molecule has 30 heavy (non-hydrogen) atoms. The van der Waals surface area contributed by atoms with Crippen molar-refractivity contribution in [3.05, 3.63) is 36.4 Å². The summed E-state index contributed by atoms with van der Waals surface area (Å²) in [5.74, 6) is 0.134. The third-order valence-corrected chi connectivity index (χ3v) is 4.54. The fourth-order valence-corrected chi connectivity index (χ4v) is 3.20. The maximum atomic E-state index is 12.4. The van der Waals surface area contributed by atoms with Gasteiger partial charge < -0.3 is 24.5 Å². The number of aromatic amines is 1. The molecule has 1 amide bonds. The fourth-order valence-electron chi connectivity index (χ4n) is 3.20. The van der Waals surface area contributed by atoms with Gasteiger partial charge in [0, 0.05) is 12.0 Å². The second kappa shape index (κ2) is 7.62. The van der Waals surface area contributed by atoms with Crippen LogP contribution in [0, 0.1) is 0 Å². The van der Waals surface area contributed by atoms with Crippen molar-refractivity contribution < 1.29 is 23.8 Å². The van der Waals surface area contributed by atoms with E-state index in [1.165, 1.54) is 19.6 Å². The topological polar surface area (TPSA) is 128 Å². The minimum Gasteiger partial charge on any atom is -0.483 e. The molecule has 156 valence electrons. The highest BCUT2D eigenvalue weighted by atomic mass is 16.6. The molecule has 0 aliphatic carbocycles. The molecule has 4 rings (SSSR count). The van der Waals surface area contributed by atoms with Crippen molar-refractivity contribution in [2.45, 2.75) is 38.9 Å². The van der Waals surface area contributed by atoms with E-state index in [2.05, 4.69) is 25.3 Å². The Hall–Kier alpha value is -3.69. The zero-order valence-corrected chi connectivity index (χ0v) is 16.8. The lowest BCUT2D eigenvalue weighted by atomic mass is 10.0. The van der Waals surface area contributed by atoms with E-state index in [4.69, 9.17) is 14.2 Å². The number of H-pyrrole nitrogens is 1. The number of ether oxygens (including phenoxy) is 3. The number of fused-ring (bicyclic) bond motifs is 2. The van der Waals surface area contributed by atoms with Crippen molar-refractivity contribution in [1.82, 2.24) is 19.9 Å². The molecule has 1 aliphatic heterocycles. The summed E-state index contributed by atoms with van der Waals surface area (Å²) in [5, 5.41) is 2.59. The Balaban J connectivity index is 1.33. The predicted octanol–water partition coefficient (Wildman–Crippen LogP) is 2.02. The van der Waals surface area contributed by atoms with Crippen LogP contribution in [0.3, 0.4) is 0 Å². The van der Waals surface area contributed by atoms with E-state index in [1.807, 2.05) is 26.0 Å². The van der Waals surface area contributed by atoms with Gasteiger partial charge in [-0.25, -0.2) is 19.7 Å². The van der Waals surface area contributed by atoms with Gasteiger partial charge in [-0.3, -0.25) is 4.79 Å². The lowest BCUT2D eigenvalue weighted by Crippen LogP contribution is -2.32. The van der Waals surface area contributed by atoms with Gasteiger partial charge in [-0.2, -0.15) is 0 Å². The number of anilines is 1. The van der Waals surface area contributed by atoms with Crippen LogP contribution >= 0.6 is 0 Å². The van der Waals surface area contributed by atoms with Gasteiger partial charge in [-0.05, 0) is 26.8 Å². The van der Waals surface area contributed by atoms with Crippen LogP contribution in [0.1, 0.15) is 26.3 Å². The Bertz CT molecular complexity index is 1110. The molecule has 3 aromatic rings. The SMILES string of the molecule is CC(OC(=O)COc1cccc2c1OC(C)(C)C2)C(=O)Nc1ncnc2nc[nH]c12. The van der Waals surface area contributed by atoms with Crippen LogP contribution in [0.4, 0.5) is 5.82 Å². The number of hydrogen-bond acceptors (Lipinski definition) is 8. The molecule has 0 radical (unpaired) electrons. The van der Waals surface area contributed by atoms with Crippen LogP contribution in [0.2, 0.25) is 0 Å². The van der Waals surface area contributed by atoms with Crippen LogP contribution in [-0.2, 0) is 20.7 Å². The number of nitrogens with zero attached hydrogens (tertiary/aromatic N) is 3. The number of rotatable bonds is 6. The third-order valence-electron chi connectivity index (χ3n) is 4.54. The number of nitrogens with one attached hydrogen (secondary N) is 2. The van der Waals surface area contributed by atoms with E-state index in [9.17, 15) is 9.59 Å². The van der Waals surface area contributed by atoms with Gasteiger partial charge in [0.05, 0.1) is 6.33 Å². The molecule has 0 spiro atoms. The molecule has 0 fully saturated rings. The van der Waals surface area contributed by atoms with Crippen molar-refractivity contribution in [3.8, 4) is 11.5 Å². The normalized spacial score (nSPS) is 15.2. The number of imidazole rings is 1. The maximum absolute atomic E-state index is 12.4. The van der Waals surface area contributed by atoms with Crippen molar-refractivity contribution >= 4 is 28.9 Å². The van der Waals surface area contributed by atoms with Gasteiger partial charge in [0.15, 0.2) is 35.7 Å². The first-order valence-corrected chi connectivity index (χ1v) is 9.40. The standard InChI is InChI=1S/C20H21N5O5/c1-11(19(27)25-18-15-17(22-9-21-15)23-10-24-18)29-14(26)8-28-13-6-4-5-12-7-20(2,3)30-16(12)13/h4-6,9-11H,7-8H2,1-3H3,(H2,21,22,23,24,25,27). The molecule has 0 saturated carbocycles. The molecule has 10 heteroatoms. The van der Waals surface area contributed by atoms with Gasteiger partial charge in [-0.15, -0.1) is 0 Å². The third kappa shape index (κ3) is 4.02.